The van der Waals surface area contributed by atoms with Crippen molar-refractivity contribution in [2.45, 2.75) is 50.4 Å². The van der Waals surface area contributed by atoms with Crippen molar-refractivity contribution in [2.24, 2.45) is 11.8 Å². The van der Waals surface area contributed by atoms with E-state index in [9.17, 15) is 0 Å². The first-order valence-corrected chi connectivity index (χ1v) is 21.8. The van der Waals surface area contributed by atoms with Crippen molar-refractivity contribution in [1.29, 1.82) is 0 Å². The van der Waals surface area contributed by atoms with Gasteiger partial charge in [-0.05, 0) is 148 Å². The zero-order chi connectivity index (χ0) is 40.3. The third-order valence-corrected chi connectivity index (χ3v) is 14.2. The van der Waals surface area contributed by atoms with Crippen LogP contribution in [0.2, 0.25) is 0 Å². The third-order valence-electron chi connectivity index (χ3n) is 14.2. The highest BCUT2D eigenvalue weighted by atomic mass is 15.1. The molecule has 8 aromatic carbocycles. The number of benzene rings is 8. The zero-order valence-electron chi connectivity index (χ0n) is 34.5. The van der Waals surface area contributed by atoms with Crippen LogP contribution in [-0.4, -0.2) is 0 Å². The lowest BCUT2D eigenvalue weighted by Crippen LogP contribution is -2.34. The Hall–Kier alpha value is -6.64. The predicted molar refractivity (Wildman–Crippen MR) is 251 cm³/mol. The van der Waals surface area contributed by atoms with Gasteiger partial charge in [-0.2, -0.15) is 0 Å². The second-order valence-corrected chi connectivity index (χ2v) is 17.8. The molecule has 0 heterocycles. The number of hydrogen-bond acceptors (Lipinski definition) is 2. The summed E-state index contributed by atoms with van der Waals surface area (Å²) in [6.45, 7) is 4.74. The molecule has 3 unspecified atom stereocenters. The van der Waals surface area contributed by atoms with E-state index in [-0.39, 0.29) is 10.8 Å². The molecule has 0 aromatic heterocycles. The fourth-order valence-electron chi connectivity index (χ4n) is 11.3. The van der Waals surface area contributed by atoms with E-state index in [0.29, 0.717) is 5.92 Å². The second-order valence-electron chi connectivity index (χ2n) is 17.8. The average Bonchev–Trinajstić information content (AvgIpc) is 4.00. The lowest BCUT2D eigenvalue weighted by atomic mass is 9.64. The van der Waals surface area contributed by atoms with Gasteiger partial charge in [-0.3, -0.25) is 0 Å². The van der Waals surface area contributed by atoms with Crippen molar-refractivity contribution >= 4 is 34.1 Å². The number of hydrogen-bond donors (Lipinski definition) is 0. The Morgan fingerprint density at radius 2 is 0.850 bits per heavy atom. The number of anilines is 6. The Kier molecular flexibility index (Phi) is 8.85. The Morgan fingerprint density at radius 3 is 1.40 bits per heavy atom. The van der Waals surface area contributed by atoms with Gasteiger partial charge in [0, 0.05) is 45.0 Å². The summed E-state index contributed by atoms with van der Waals surface area (Å²) in [6.07, 6.45) is 5.17. The highest BCUT2D eigenvalue weighted by molar-refractivity contribution is 5.86. The number of fused-ring (bicyclic) bond motifs is 5. The Bertz CT molecular complexity index is 2770. The monoisotopic (exact) mass is 774 g/mol. The minimum absolute atomic E-state index is 0.00413. The van der Waals surface area contributed by atoms with Crippen LogP contribution in [0.3, 0.4) is 0 Å². The van der Waals surface area contributed by atoms with Crippen LogP contribution in [-0.2, 0) is 10.8 Å². The van der Waals surface area contributed by atoms with Gasteiger partial charge in [0.15, 0.2) is 0 Å². The predicted octanol–water partition coefficient (Wildman–Crippen LogP) is 15.7. The van der Waals surface area contributed by atoms with Crippen molar-refractivity contribution < 1.29 is 0 Å². The van der Waals surface area contributed by atoms with Gasteiger partial charge in [0.05, 0.1) is 0 Å². The van der Waals surface area contributed by atoms with Crippen LogP contribution in [0.5, 0.6) is 0 Å². The summed E-state index contributed by atoms with van der Waals surface area (Å²) in [5.41, 5.74) is 17.8. The molecule has 292 valence electrons. The molecule has 0 aliphatic heterocycles. The zero-order valence-corrected chi connectivity index (χ0v) is 34.5. The van der Waals surface area contributed by atoms with Crippen molar-refractivity contribution in [1.82, 2.24) is 0 Å². The Labute approximate surface area is 355 Å². The summed E-state index contributed by atoms with van der Waals surface area (Å²) in [6, 6.07) is 76.6. The van der Waals surface area contributed by atoms with Gasteiger partial charge in [-0.25, -0.2) is 0 Å². The molecule has 0 saturated heterocycles. The van der Waals surface area contributed by atoms with E-state index in [1.807, 2.05) is 0 Å². The molecule has 11 rings (SSSR count). The highest BCUT2D eigenvalue weighted by Gasteiger charge is 2.52. The van der Waals surface area contributed by atoms with Gasteiger partial charge < -0.3 is 9.80 Å². The number of para-hydroxylation sites is 2. The molecule has 2 nitrogen and oxygen atoms in total. The van der Waals surface area contributed by atoms with Crippen LogP contribution < -0.4 is 9.80 Å². The molecule has 8 aromatic rings. The van der Waals surface area contributed by atoms with Crippen molar-refractivity contribution in [3.8, 4) is 22.3 Å². The van der Waals surface area contributed by atoms with Crippen LogP contribution in [0, 0.1) is 11.8 Å². The normalized spacial score (nSPS) is 19.4. The van der Waals surface area contributed by atoms with Gasteiger partial charge in [-0.15, -0.1) is 0 Å². The lowest BCUT2D eigenvalue weighted by molar-refractivity contribution is 0.320. The first-order valence-electron chi connectivity index (χ1n) is 21.8. The summed E-state index contributed by atoms with van der Waals surface area (Å²) in [7, 11) is 0. The van der Waals surface area contributed by atoms with Crippen molar-refractivity contribution in [2.75, 3.05) is 9.80 Å². The minimum Gasteiger partial charge on any atom is -0.311 e. The summed E-state index contributed by atoms with van der Waals surface area (Å²) in [4.78, 5) is 4.83. The molecule has 3 aliphatic carbocycles. The van der Waals surface area contributed by atoms with Gasteiger partial charge in [0.25, 0.3) is 0 Å². The van der Waals surface area contributed by atoms with E-state index in [1.165, 1.54) is 92.9 Å². The largest absolute Gasteiger partial charge is 0.311 e. The van der Waals surface area contributed by atoms with Gasteiger partial charge in [-0.1, -0.05) is 154 Å². The van der Waals surface area contributed by atoms with Crippen LogP contribution in [0.4, 0.5) is 34.1 Å². The molecule has 0 radical (unpaired) electrons. The first-order chi connectivity index (χ1) is 29.5. The maximum Gasteiger partial charge on any atom is 0.0465 e. The van der Waals surface area contributed by atoms with E-state index < -0.39 is 0 Å². The minimum atomic E-state index is -0.0665. The van der Waals surface area contributed by atoms with Gasteiger partial charge >= 0.3 is 0 Å². The van der Waals surface area contributed by atoms with E-state index in [2.05, 4.69) is 230 Å². The fraction of sp³-hybridized carbons (Fsp3) is 0.172. The number of nitrogens with zero attached hydrogens (tertiary/aromatic N) is 2. The summed E-state index contributed by atoms with van der Waals surface area (Å²) in [5, 5.41) is 0. The van der Waals surface area contributed by atoms with Crippen LogP contribution >= 0.6 is 0 Å². The molecule has 0 spiro atoms. The molecule has 0 amide bonds. The smallest absolute Gasteiger partial charge is 0.0465 e. The molecular weight excluding hydrogens is 725 g/mol. The Balaban J connectivity index is 0.953. The molecule has 0 N–H and O–H groups in total. The van der Waals surface area contributed by atoms with Crippen molar-refractivity contribution in [3.63, 3.8) is 0 Å². The Morgan fingerprint density at radius 1 is 0.400 bits per heavy atom. The maximum absolute atomic E-state index is 2.46. The molecule has 3 atom stereocenters. The van der Waals surface area contributed by atoms with Gasteiger partial charge in [0.2, 0.25) is 0 Å². The summed E-state index contributed by atoms with van der Waals surface area (Å²) in [5.74, 6) is 1.42. The fourth-order valence-corrected chi connectivity index (χ4v) is 11.3. The van der Waals surface area contributed by atoms with E-state index >= 15 is 0 Å². The van der Waals surface area contributed by atoms with E-state index in [0.717, 1.165) is 17.3 Å². The maximum atomic E-state index is 2.46. The number of rotatable bonds is 9. The highest BCUT2D eigenvalue weighted by Crippen LogP contribution is 2.60. The molecule has 3 aliphatic rings. The van der Waals surface area contributed by atoms with Crippen LogP contribution in [0.25, 0.3) is 22.3 Å². The third kappa shape index (κ3) is 6.00. The second kappa shape index (κ2) is 14.6. The standard InChI is InChI=1S/C58H50N2/c1-57(2)55-21-13-12-20-53(55)54-37-36-52(39-56(54)57)60(48-18-10-5-11-19-48)51-34-28-45(29-35-51)58(40-41-22-25-46(58)38-41)44-26-32-50(33-27-44)59(47-16-8-4-9-17-47)49-30-23-43(24-31-49)42-14-6-3-7-15-42/h3-21,23-24,26-37,39,41,46H,22,25,38,40H2,1-2H3. The summed E-state index contributed by atoms with van der Waals surface area (Å²) < 4.78 is 0. The molecule has 2 heteroatoms. The molecular formula is C58H50N2. The average molecular weight is 775 g/mol. The first kappa shape index (κ1) is 36.4. The molecule has 2 bridgehead atoms. The van der Waals surface area contributed by atoms with E-state index in [1.54, 1.807) is 0 Å². The molecule has 60 heavy (non-hydrogen) atoms. The van der Waals surface area contributed by atoms with Crippen molar-refractivity contribution in [3.05, 3.63) is 229 Å². The SMILES string of the molecule is CC1(C)c2ccccc2-c2ccc(N(c3ccccc3)c3ccc(C4(c5ccc(N(c6ccccc6)c6ccc(-c7ccccc7)cc6)cc5)CC5CCC4C5)cc3)cc21. The topological polar surface area (TPSA) is 6.48 Å². The quantitative estimate of drug-likeness (QED) is 0.144. The lowest BCUT2D eigenvalue weighted by Gasteiger charge is -2.40. The molecule has 2 saturated carbocycles. The summed E-state index contributed by atoms with van der Waals surface area (Å²) >= 11 is 0. The van der Waals surface area contributed by atoms with Crippen LogP contribution in [0.15, 0.2) is 206 Å². The van der Waals surface area contributed by atoms with Gasteiger partial charge in [0.1, 0.15) is 0 Å². The van der Waals surface area contributed by atoms with Crippen LogP contribution in [0.1, 0.15) is 61.8 Å². The molecule has 2 fully saturated rings. The van der Waals surface area contributed by atoms with E-state index in [4.69, 9.17) is 0 Å².